The van der Waals surface area contributed by atoms with E-state index < -0.39 is 5.97 Å². The number of nitrogens with zero attached hydrogens (tertiary/aromatic N) is 1. The SMILES string of the molecule is CC(C)(C)CCCN1CCCCC1C(=O)O. The van der Waals surface area contributed by atoms with Gasteiger partial charge >= 0.3 is 5.97 Å². The van der Waals surface area contributed by atoms with Crippen molar-refractivity contribution in [2.45, 2.75) is 58.9 Å². The average Bonchev–Trinajstić information content (AvgIpc) is 2.16. The Morgan fingerprint density at radius 2 is 2.06 bits per heavy atom. The molecule has 0 radical (unpaired) electrons. The van der Waals surface area contributed by atoms with Crippen molar-refractivity contribution in [1.82, 2.24) is 4.90 Å². The van der Waals surface area contributed by atoms with Crippen molar-refractivity contribution in [1.29, 1.82) is 0 Å². The molecule has 0 aliphatic carbocycles. The van der Waals surface area contributed by atoms with E-state index in [1.165, 1.54) is 0 Å². The van der Waals surface area contributed by atoms with Crippen molar-refractivity contribution in [2.24, 2.45) is 5.41 Å². The first kappa shape index (κ1) is 13.5. The van der Waals surface area contributed by atoms with Gasteiger partial charge in [-0.2, -0.15) is 0 Å². The highest BCUT2D eigenvalue weighted by Gasteiger charge is 2.27. The van der Waals surface area contributed by atoms with Gasteiger partial charge in [-0.15, -0.1) is 0 Å². The Balaban J connectivity index is 2.36. The van der Waals surface area contributed by atoms with E-state index in [1.54, 1.807) is 0 Å². The van der Waals surface area contributed by atoms with Gasteiger partial charge in [0, 0.05) is 0 Å². The summed E-state index contributed by atoms with van der Waals surface area (Å²) in [6, 6.07) is -0.228. The standard InChI is InChI=1S/C13H25NO2/c1-13(2,3)8-6-10-14-9-5-4-7-11(14)12(15)16/h11H,4-10H2,1-3H3,(H,15,16). The Bertz CT molecular complexity index is 233. The lowest BCUT2D eigenvalue weighted by molar-refractivity contribution is -0.144. The van der Waals surface area contributed by atoms with Crippen molar-refractivity contribution in [3.8, 4) is 0 Å². The number of piperidine rings is 1. The van der Waals surface area contributed by atoms with Gasteiger partial charge in [0.1, 0.15) is 6.04 Å². The van der Waals surface area contributed by atoms with Gasteiger partial charge in [-0.1, -0.05) is 27.2 Å². The van der Waals surface area contributed by atoms with Crippen LogP contribution in [0.4, 0.5) is 0 Å². The first-order valence-corrected chi connectivity index (χ1v) is 6.37. The van der Waals surface area contributed by atoms with Crippen LogP contribution in [-0.4, -0.2) is 35.1 Å². The number of rotatable bonds is 4. The van der Waals surface area contributed by atoms with Crippen LogP contribution in [0.1, 0.15) is 52.9 Å². The Kier molecular flexibility index (Phi) is 4.78. The lowest BCUT2D eigenvalue weighted by Crippen LogP contribution is -2.45. The zero-order chi connectivity index (χ0) is 12.2. The van der Waals surface area contributed by atoms with E-state index in [4.69, 9.17) is 5.11 Å². The zero-order valence-corrected chi connectivity index (χ0v) is 10.8. The Hall–Kier alpha value is -0.570. The molecule has 0 aromatic heterocycles. The van der Waals surface area contributed by atoms with Crippen molar-refractivity contribution in [2.75, 3.05) is 13.1 Å². The molecule has 0 saturated carbocycles. The topological polar surface area (TPSA) is 40.5 Å². The maximum Gasteiger partial charge on any atom is 0.320 e. The summed E-state index contributed by atoms with van der Waals surface area (Å²) in [5, 5.41) is 9.13. The van der Waals surface area contributed by atoms with Gasteiger partial charge < -0.3 is 5.11 Å². The number of carboxylic acids is 1. The Morgan fingerprint density at radius 3 is 2.62 bits per heavy atom. The fraction of sp³-hybridized carbons (Fsp3) is 0.923. The van der Waals surface area contributed by atoms with Crippen molar-refractivity contribution >= 4 is 5.97 Å². The minimum absolute atomic E-state index is 0.228. The molecule has 1 rings (SSSR count). The van der Waals surface area contributed by atoms with Gasteiger partial charge in [-0.3, -0.25) is 9.69 Å². The minimum Gasteiger partial charge on any atom is -0.480 e. The molecule has 1 aliphatic rings. The summed E-state index contributed by atoms with van der Waals surface area (Å²) >= 11 is 0. The molecule has 94 valence electrons. The van der Waals surface area contributed by atoms with E-state index in [9.17, 15) is 4.79 Å². The van der Waals surface area contributed by atoms with Gasteiger partial charge in [0.05, 0.1) is 0 Å². The predicted molar refractivity (Wildman–Crippen MR) is 65.5 cm³/mol. The Labute approximate surface area is 98.8 Å². The normalized spacial score (nSPS) is 23.3. The molecule has 0 aromatic carbocycles. The molecule has 16 heavy (non-hydrogen) atoms. The largest absolute Gasteiger partial charge is 0.480 e. The molecule has 1 unspecified atom stereocenters. The number of aliphatic carboxylic acids is 1. The zero-order valence-electron chi connectivity index (χ0n) is 10.8. The van der Waals surface area contributed by atoms with Gasteiger partial charge in [0.2, 0.25) is 0 Å². The summed E-state index contributed by atoms with van der Waals surface area (Å²) in [5.41, 5.74) is 0.356. The third kappa shape index (κ3) is 4.52. The van der Waals surface area contributed by atoms with Crippen LogP contribution in [-0.2, 0) is 4.79 Å². The summed E-state index contributed by atoms with van der Waals surface area (Å²) in [5.74, 6) is -0.643. The summed E-state index contributed by atoms with van der Waals surface area (Å²) in [6.45, 7) is 8.60. The Morgan fingerprint density at radius 1 is 1.38 bits per heavy atom. The molecule has 1 fully saturated rings. The summed E-state index contributed by atoms with van der Waals surface area (Å²) in [4.78, 5) is 13.2. The van der Waals surface area contributed by atoms with Crippen LogP contribution < -0.4 is 0 Å². The highest BCUT2D eigenvalue weighted by molar-refractivity contribution is 5.73. The number of carbonyl (C=O) groups is 1. The molecule has 3 heteroatoms. The molecule has 1 heterocycles. The molecule has 0 amide bonds. The number of hydrogen-bond donors (Lipinski definition) is 1. The van der Waals surface area contributed by atoms with Crippen LogP contribution in [0.2, 0.25) is 0 Å². The fourth-order valence-electron chi connectivity index (χ4n) is 2.35. The van der Waals surface area contributed by atoms with Crippen molar-refractivity contribution in [3.05, 3.63) is 0 Å². The highest BCUT2D eigenvalue weighted by atomic mass is 16.4. The molecule has 1 atom stereocenters. The molecular formula is C13H25NO2. The van der Waals surface area contributed by atoms with E-state index in [1.807, 2.05) is 0 Å². The van der Waals surface area contributed by atoms with Crippen LogP contribution in [0, 0.1) is 5.41 Å². The molecule has 0 bridgehead atoms. The lowest BCUT2D eigenvalue weighted by Gasteiger charge is -2.33. The van der Waals surface area contributed by atoms with Crippen molar-refractivity contribution in [3.63, 3.8) is 0 Å². The monoisotopic (exact) mass is 227 g/mol. The maximum absolute atomic E-state index is 11.1. The molecule has 1 N–H and O–H groups in total. The molecular weight excluding hydrogens is 202 g/mol. The summed E-state index contributed by atoms with van der Waals surface area (Å²) < 4.78 is 0. The van der Waals surface area contributed by atoms with Crippen LogP contribution in [0.5, 0.6) is 0 Å². The van der Waals surface area contributed by atoms with E-state index in [2.05, 4.69) is 25.7 Å². The van der Waals surface area contributed by atoms with Crippen LogP contribution in [0.25, 0.3) is 0 Å². The third-order valence-corrected chi connectivity index (χ3v) is 3.27. The fourth-order valence-corrected chi connectivity index (χ4v) is 2.35. The van der Waals surface area contributed by atoms with Crippen LogP contribution in [0.15, 0.2) is 0 Å². The van der Waals surface area contributed by atoms with Crippen LogP contribution >= 0.6 is 0 Å². The highest BCUT2D eigenvalue weighted by Crippen LogP contribution is 2.23. The van der Waals surface area contributed by atoms with E-state index >= 15 is 0 Å². The molecule has 0 spiro atoms. The van der Waals surface area contributed by atoms with Gasteiger partial charge in [0.25, 0.3) is 0 Å². The molecule has 0 aromatic rings. The number of hydrogen-bond acceptors (Lipinski definition) is 2. The molecule has 1 aliphatic heterocycles. The second-order valence-corrected chi connectivity index (χ2v) is 6.05. The maximum atomic E-state index is 11.1. The van der Waals surface area contributed by atoms with Crippen LogP contribution in [0.3, 0.4) is 0 Å². The summed E-state index contributed by atoms with van der Waals surface area (Å²) in [7, 11) is 0. The minimum atomic E-state index is -0.643. The quantitative estimate of drug-likeness (QED) is 0.803. The van der Waals surface area contributed by atoms with Gasteiger partial charge in [-0.25, -0.2) is 0 Å². The second-order valence-electron chi connectivity index (χ2n) is 6.05. The van der Waals surface area contributed by atoms with E-state index in [-0.39, 0.29) is 6.04 Å². The van der Waals surface area contributed by atoms with Gasteiger partial charge in [0.15, 0.2) is 0 Å². The first-order valence-electron chi connectivity index (χ1n) is 6.37. The smallest absolute Gasteiger partial charge is 0.320 e. The first-order chi connectivity index (χ1) is 7.40. The van der Waals surface area contributed by atoms with Gasteiger partial charge in [-0.05, 0) is 44.2 Å². The van der Waals surface area contributed by atoms with E-state index in [0.717, 1.165) is 45.2 Å². The summed E-state index contributed by atoms with van der Waals surface area (Å²) in [6.07, 6.45) is 5.31. The third-order valence-electron chi connectivity index (χ3n) is 3.27. The lowest BCUT2D eigenvalue weighted by atomic mass is 9.90. The van der Waals surface area contributed by atoms with Crippen molar-refractivity contribution < 1.29 is 9.90 Å². The predicted octanol–water partition coefficient (Wildman–Crippen LogP) is 2.75. The second kappa shape index (κ2) is 5.67. The van der Waals surface area contributed by atoms with E-state index in [0.29, 0.717) is 5.41 Å². The number of likely N-dealkylation sites (tertiary alicyclic amines) is 1. The molecule has 3 nitrogen and oxygen atoms in total. The number of carboxylic acid groups (broad SMARTS) is 1. The average molecular weight is 227 g/mol. The molecule has 1 saturated heterocycles.